The minimum Gasteiger partial charge on any atom is -0.330 e. The fourth-order valence-corrected chi connectivity index (χ4v) is 2.19. The second-order valence-electron chi connectivity index (χ2n) is 4.21. The Hall–Kier alpha value is -1.08. The number of nitrogens with two attached hydrogens (primary N) is 1. The highest BCUT2D eigenvalue weighted by molar-refractivity contribution is 5.66. The largest absolute Gasteiger partial charge is 0.330 e. The third-order valence-electron chi connectivity index (χ3n) is 3.02. The molecule has 0 fully saturated rings. The highest BCUT2D eigenvalue weighted by Crippen LogP contribution is 2.27. The van der Waals surface area contributed by atoms with Crippen LogP contribution < -0.4 is 5.73 Å². The van der Waals surface area contributed by atoms with Crippen LogP contribution >= 0.6 is 0 Å². The fraction of sp³-hybridized carbons (Fsp3) is 0.429. The standard InChI is InChI=1S/C14H19N/c15-10-9-12-5-4-8-14(11-12)13-6-2-1-3-7-13/h4-6,8,11H,1-3,7,9-10,15H2. The lowest BCUT2D eigenvalue weighted by Crippen LogP contribution is -2.03. The van der Waals surface area contributed by atoms with E-state index < -0.39 is 0 Å². The van der Waals surface area contributed by atoms with Crippen LogP contribution in [-0.4, -0.2) is 6.54 Å². The Morgan fingerprint density at radius 3 is 2.87 bits per heavy atom. The Bertz CT molecular complexity index is 352. The molecular weight excluding hydrogens is 182 g/mol. The molecule has 1 aliphatic carbocycles. The summed E-state index contributed by atoms with van der Waals surface area (Å²) in [7, 11) is 0. The van der Waals surface area contributed by atoms with E-state index in [2.05, 4.69) is 30.3 Å². The topological polar surface area (TPSA) is 26.0 Å². The minimum atomic E-state index is 0.739. The van der Waals surface area contributed by atoms with Crippen molar-refractivity contribution >= 4 is 5.57 Å². The Kier molecular flexibility index (Phi) is 3.57. The van der Waals surface area contributed by atoms with Gasteiger partial charge in [0.05, 0.1) is 0 Å². The quantitative estimate of drug-likeness (QED) is 0.798. The van der Waals surface area contributed by atoms with Crippen molar-refractivity contribution < 1.29 is 0 Å². The summed E-state index contributed by atoms with van der Waals surface area (Å²) in [6.45, 7) is 0.739. The lowest BCUT2D eigenvalue weighted by atomic mass is 9.92. The van der Waals surface area contributed by atoms with Crippen LogP contribution in [0.5, 0.6) is 0 Å². The highest BCUT2D eigenvalue weighted by atomic mass is 14.5. The monoisotopic (exact) mass is 201 g/mol. The van der Waals surface area contributed by atoms with Gasteiger partial charge in [0.25, 0.3) is 0 Å². The Labute approximate surface area is 92.0 Å². The first-order valence-corrected chi connectivity index (χ1v) is 5.88. The van der Waals surface area contributed by atoms with Crippen LogP contribution in [0, 0.1) is 0 Å². The zero-order chi connectivity index (χ0) is 10.5. The van der Waals surface area contributed by atoms with Gasteiger partial charge >= 0.3 is 0 Å². The molecule has 1 aromatic carbocycles. The van der Waals surface area contributed by atoms with Gasteiger partial charge in [0.1, 0.15) is 0 Å². The first-order valence-electron chi connectivity index (χ1n) is 5.88. The van der Waals surface area contributed by atoms with Crippen LogP contribution in [0.15, 0.2) is 30.3 Å². The van der Waals surface area contributed by atoms with Crippen molar-refractivity contribution in [2.24, 2.45) is 5.73 Å². The van der Waals surface area contributed by atoms with E-state index in [4.69, 9.17) is 5.73 Å². The average Bonchev–Trinajstić information content (AvgIpc) is 2.31. The van der Waals surface area contributed by atoms with Gasteiger partial charge in [0.15, 0.2) is 0 Å². The summed E-state index contributed by atoms with van der Waals surface area (Å²) in [5, 5.41) is 0. The van der Waals surface area contributed by atoms with E-state index in [0.29, 0.717) is 0 Å². The molecular formula is C14H19N. The Morgan fingerprint density at radius 2 is 2.13 bits per heavy atom. The molecule has 2 rings (SSSR count). The first kappa shape index (κ1) is 10.4. The predicted octanol–water partition coefficient (Wildman–Crippen LogP) is 3.15. The number of rotatable bonds is 3. The maximum absolute atomic E-state index is 5.57. The molecule has 0 unspecified atom stereocenters. The van der Waals surface area contributed by atoms with E-state index in [0.717, 1.165) is 13.0 Å². The molecule has 0 heterocycles. The van der Waals surface area contributed by atoms with Gasteiger partial charge in [-0.2, -0.15) is 0 Å². The molecule has 15 heavy (non-hydrogen) atoms. The third-order valence-corrected chi connectivity index (χ3v) is 3.02. The van der Waals surface area contributed by atoms with Gasteiger partial charge in [-0.3, -0.25) is 0 Å². The van der Waals surface area contributed by atoms with Gasteiger partial charge in [0, 0.05) is 0 Å². The second-order valence-corrected chi connectivity index (χ2v) is 4.21. The molecule has 0 radical (unpaired) electrons. The molecule has 0 saturated heterocycles. The average molecular weight is 201 g/mol. The maximum atomic E-state index is 5.57. The van der Waals surface area contributed by atoms with Crippen molar-refractivity contribution in [1.82, 2.24) is 0 Å². The molecule has 2 N–H and O–H groups in total. The molecule has 1 nitrogen and oxygen atoms in total. The summed E-state index contributed by atoms with van der Waals surface area (Å²) in [6, 6.07) is 8.83. The van der Waals surface area contributed by atoms with Crippen molar-refractivity contribution in [2.45, 2.75) is 32.1 Å². The summed E-state index contributed by atoms with van der Waals surface area (Å²) in [5.74, 6) is 0. The number of hydrogen-bond donors (Lipinski definition) is 1. The normalized spacial score (nSPS) is 16.2. The number of hydrogen-bond acceptors (Lipinski definition) is 1. The van der Waals surface area contributed by atoms with Crippen LogP contribution in [0.1, 0.15) is 36.8 Å². The zero-order valence-corrected chi connectivity index (χ0v) is 9.21. The summed E-state index contributed by atoms with van der Waals surface area (Å²) in [4.78, 5) is 0. The van der Waals surface area contributed by atoms with Gasteiger partial charge in [-0.1, -0.05) is 30.3 Å². The predicted molar refractivity (Wildman–Crippen MR) is 65.6 cm³/mol. The van der Waals surface area contributed by atoms with Gasteiger partial charge < -0.3 is 5.73 Å². The molecule has 0 aromatic heterocycles. The fourth-order valence-electron chi connectivity index (χ4n) is 2.19. The first-order chi connectivity index (χ1) is 7.40. The number of benzene rings is 1. The molecule has 0 aliphatic heterocycles. The highest BCUT2D eigenvalue weighted by Gasteiger charge is 2.06. The number of allylic oxidation sites excluding steroid dienone is 2. The maximum Gasteiger partial charge on any atom is -0.00367 e. The minimum absolute atomic E-state index is 0.739. The van der Waals surface area contributed by atoms with Crippen molar-refractivity contribution in [3.05, 3.63) is 41.5 Å². The van der Waals surface area contributed by atoms with Gasteiger partial charge in [-0.25, -0.2) is 0 Å². The molecule has 0 atom stereocenters. The van der Waals surface area contributed by atoms with E-state index in [9.17, 15) is 0 Å². The SMILES string of the molecule is NCCc1cccc(C2=CCCCC2)c1. The van der Waals surface area contributed by atoms with E-state index in [1.54, 1.807) is 0 Å². The van der Waals surface area contributed by atoms with Crippen LogP contribution in [-0.2, 0) is 6.42 Å². The van der Waals surface area contributed by atoms with Crippen molar-refractivity contribution in [1.29, 1.82) is 0 Å². The molecule has 1 heteroatoms. The Balaban J connectivity index is 2.20. The van der Waals surface area contributed by atoms with Crippen LogP contribution in [0.25, 0.3) is 5.57 Å². The molecule has 1 aliphatic rings. The van der Waals surface area contributed by atoms with E-state index >= 15 is 0 Å². The van der Waals surface area contributed by atoms with Crippen molar-refractivity contribution in [3.8, 4) is 0 Å². The van der Waals surface area contributed by atoms with Gasteiger partial charge in [-0.05, 0) is 55.3 Å². The third kappa shape index (κ3) is 2.69. The van der Waals surface area contributed by atoms with Crippen LogP contribution in [0.4, 0.5) is 0 Å². The smallest absolute Gasteiger partial charge is 0.00367 e. The second kappa shape index (κ2) is 5.13. The Morgan fingerprint density at radius 1 is 1.20 bits per heavy atom. The summed E-state index contributed by atoms with van der Waals surface area (Å²) in [6.07, 6.45) is 8.56. The van der Waals surface area contributed by atoms with Crippen LogP contribution in [0.3, 0.4) is 0 Å². The zero-order valence-electron chi connectivity index (χ0n) is 9.21. The lowest BCUT2D eigenvalue weighted by molar-refractivity contribution is 0.742. The van der Waals surface area contributed by atoms with Crippen molar-refractivity contribution in [3.63, 3.8) is 0 Å². The summed E-state index contributed by atoms with van der Waals surface area (Å²) in [5.41, 5.74) is 9.87. The van der Waals surface area contributed by atoms with E-state index in [1.807, 2.05) is 0 Å². The molecule has 80 valence electrons. The molecule has 0 amide bonds. The molecule has 0 spiro atoms. The molecule has 1 aromatic rings. The van der Waals surface area contributed by atoms with Crippen LogP contribution in [0.2, 0.25) is 0 Å². The van der Waals surface area contributed by atoms with Crippen molar-refractivity contribution in [2.75, 3.05) is 6.54 Å². The molecule has 0 saturated carbocycles. The van der Waals surface area contributed by atoms with Gasteiger partial charge in [0.2, 0.25) is 0 Å². The molecule has 0 bridgehead atoms. The summed E-state index contributed by atoms with van der Waals surface area (Å²) < 4.78 is 0. The lowest BCUT2D eigenvalue weighted by Gasteiger charge is -2.13. The van der Waals surface area contributed by atoms with E-state index in [1.165, 1.54) is 42.4 Å². The van der Waals surface area contributed by atoms with Gasteiger partial charge in [-0.15, -0.1) is 0 Å². The van der Waals surface area contributed by atoms with E-state index in [-0.39, 0.29) is 0 Å². The summed E-state index contributed by atoms with van der Waals surface area (Å²) >= 11 is 0.